The number of aromatic nitrogens is 1. The molecule has 0 unspecified atom stereocenters. The third kappa shape index (κ3) is 3.33. The van der Waals surface area contributed by atoms with Crippen molar-refractivity contribution < 1.29 is 23.4 Å². The van der Waals surface area contributed by atoms with Gasteiger partial charge in [0.2, 0.25) is 0 Å². The van der Waals surface area contributed by atoms with Gasteiger partial charge in [-0.15, -0.1) is 0 Å². The van der Waals surface area contributed by atoms with Crippen LogP contribution in [0.3, 0.4) is 0 Å². The number of carbonyl (C=O) groups is 1. The van der Waals surface area contributed by atoms with Crippen LogP contribution in [0.4, 0.5) is 0 Å². The first-order valence-corrected chi connectivity index (χ1v) is 7.72. The number of hydrogen-bond acceptors (Lipinski definition) is 5. The molecule has 0 amide bonds. The second-order valence-corrected chi connectivity index (χ2v) is 6.66. The summed E-state index contributed by atoms with van der Waals surface area (Å²) >= 11 is 0. The SMILES string of the molecule is O=C(O)c1ccc(S(=O)(=O)NCC2(O)CCCC2)nc1. The lowest BCUT2D eigenvalue weighted by Gasteiger charge is -2.22. The summed E-state index contributed by atoms with van der Waals surface area (Å²) in [6, 6.07) is 2.30. The normalized spacial score (nSPS) is 18.1. The Morgan fingerprint density at radius 3 is 2.50 bits per heavy atom. The highest BCUT2D eigenvalue weighted by Gasteiger charge is 2.32. The molecule has 1 heterocycles. The lowest BCUT2D eigenvalue weighted by molar-refractivity contribution is 0.0531. The molecule has 0 bridgehead atoms. The van der Waals surface area contributed by atoms with Crippen LogP contribution in [0.1, 0.15) is 36.0 Å². The molecule has 0 aromatic carbocycles. The Bertz CT molecular complexity index is 591. The van der Waals surface area contributed by atoms with E-state index in [0.29, 0.717) is 12.8 Å². The molecular weight excluding hydrogens is 284 g/mol. The maximum Gasteiger partial charge on any atom is 0.337 e. The molecule has 0 aliphatic heterocycles. The van der Waals surface area contributed by atoms with E-state index < -0.39 is 21.6 Å². The molecule has 1 saturated carbocycles. The Morgan fingerprint density at radius 1 is 1.35 bits per heavy atom. The number of pyridine rings is 1. The molecule has 8 heteroatoms. The van der Waals surface area contributed by atoms with Gasteiger partial charge in [-0.05, 0) is 25.0 Å². The molecule has 1 aliphatic rings. The van der Waals surface area contributed by atoms with Crippen molar-refractivity contribution in [2.24, 2.45) is 0 Å². The summed E-state index contributed by atoms with van der Waals surface area (Å²) in [6.45, 7) is -0.0578. The zero-order valence-electron chi connectivity index (χ0n) is 10.7. The number of sulfonamides is 1. The lowest BCUT2D eigenvalue weighted by Crippen LogP contribution is -2.40. The van der Waals surface area contributed by atoms with E-state index in [1.165, 1.54) is 6.07 Å². The molecule has 0 saturated heterocycles. The van der Waals surface area contributed by atoms with Crippen molar-refractivity contribution in [3.8, 4) is 0 Å². The second-order valence-electron chi connectivity index (χ2n) is 4.95. The van der Waals surface area contributed by atoms with Crippen molar-refractivity contribution in [1.82, 2.24) is 9.71 Å². The maximum atomic E-state index is 12.0. The number of hydrogen-bond donors (Lipinski definition) is 3. The van der Waals surface area contributed by atoms with Crippen LogP contribution in [0, 0.1) is 0 Å². The Labute approximate surface area is 116 Å². The molecule has 1 aromatic rings. The number of aliphatic hydroxyl groups is 1. The van der Waals surface area contributed by atoms with Gasteiger partial charge in [0, 0.05) is 12.7 Å². The van der Waals surface area contributed by atoms with E-state index in [4.69, 9.17) is 5.11 Å². The Hall–Kier alpha value is -1.51. The molecule has 0 spiro atoms. The minimum absolute atomic E-state index is 0.0578. The van der Waals surface area contributed by atoms with Gasteiger partial charge in [0.15, 0.2) is 5.03 Å². The molecule has 0 atom stereocenters. The van der Waals surface area contributed by atoms with Crippen LogP contribution < -0.4 is 4.72 Å². The summed E-state index contributed by atoms with van der Waals surface area (Å²) in [4.78, 5) is 14.3. The van der Waals surface area contributed by atoms with E-state index in [-0.39, 0.29) is 17.1 Å². The third-order valence-corrected chi connectivity index (χ3v) is 4.70. The van der Waals surface area contributed by atoms with E-state index in [1.807, 2.05) is 0 Å². The highest BCUT2D eigenvalue weighted by atomic mass is 32.2. The number of aromatic carboxylic acids is 1. The summed E-state index contributed by atoms with van der Waals surface area (Å²) in [6.07, 6.45) is 3.89. The molecule has 3 N–H and O–H groups in total. The fourth-order valence-electron chi connectivity index (χ4n) is 2.18. The van der Waals surface area contributed by atoms with Gasteiger partial charge in [-0.3, -0.25) is 0 Å². The van der Waals surface area contributed by atoms with Gasteiger partial charge in [-0.2, -0.15) is 0 Å². The van der Waals surface area contributed by atoms with Gasteiger partial charge >= 0.3 is 5.97 Å². The molecule has 7 nitrogen and oxygen atoms in total. The highest BCUT2D eigenvalue weighted by molar-refractivity contribution is 7.89. The average molecular weight is 300 g/mol. The van der Waals surface area contributed by atoms with Crippen molar-refractivity contribution >= 4 is 16.0 Å². The van der Waals surface area contributed by atoms with Gasteiger partial charge in [-0.1, -0.05) is 12.8 Å². The maximum absolute atomic E-state index is 12.0. The molecule has 1 aromatic heterocycles. The predicted molar refractivity (Wildman–Crippen MR) is 69.8 cm³/mol. The van der Waals surface area contributed by atoms with Gasteiger partial charge in [0.1, 0.15) is 0 Å². The number of carboxylic acid groups (broad SMARTS) is 1. The molecule has 20 heavy (non-hydrogen) atoms. The summed E-state index contributed by atoms with van der Waals surface area (Å²) in [7, 11) is -3.84. The monoisotopic (exact) mass is 300 g/mol. The smallest absolute Gasteiger partial charge is 0.337 e. The van der Waals surface area contributed by atoms with Crippen molar-refractivity contribution in [3.63, 3.8) is 0 Å². The molecule has 1 aliphatic carbocycles. The summed E-state index contributed by atoms with van der Waals surface area (Å²) in [5.41, 5.74) is -1.08. The largest absolute Gasteiger partial charge is 0.478 e. The van der Waals surface area contributed by atoms with E-state index in [9.17, 15) is 18.3 Å². The van der Waals surface area contributed by atoms with E-state index in [0.717, 1.165) is 25.1 Å². The standard InChI is InChI=1S/C12H16N2O5S/c15-11(16)9-3-4-10(13-7-9)20(18,19)14-8-12(17)5-1-2-6-12/h3-4,7,14,17H,1-2,5-6,8H2,(H,15,16). The van der Waals surface area contributed by atoms with Crippen LogP contribution in [-0.2, 0) is 10.0 Å². The first-order chi connectivity index (χ1) is 9.32. The van der Waals surface area contributed by atoms with Crippen LogP contribution in [0.5, 0.6) is 0 Å². The lowest BCUT2D eigenvalue weighted by atomic mass is 10.0. The molecular formula is C12H16N2O5S. The number of rotatable bonds is 5. The van der Waals surface area contributed by atoms with Gasteiger partial charge in [-0.25, -0.2) is 22.9 Å². The number of nitrogens with zero attached hydrogens (tertiary/aromatic N) is 1. The first kappa shape index (κ1) is 14.9. The van der Waals surface area contributed by atoms with Gasteiger partial charge in [0.05, 0.1) is 11.2 Å². The zero-order valence-corrected chi connectivity index (χ0v) is 11.6. The summed E-state index contributed by atoms with van der Waals surface area (Å²) < 4.78 is 26.3. The minimum atomic E-state index is -3.84. The van der Waals surface area contributed by atoms with Crippen LogP contribution in [0.2, 0.25) is 0 Å². The summed E-state index contributed by atoms with van der Waals surface area (Å²) in [5, 5.41) is 18.6. The van der Waals surface area contributed by atoms with Crippen molar-refractivity contribution in [1.29, 1.82) is 0 Å². The summed E-state index contributed by atoms with van der Waals surface area (Å²) in [5.74, 6) is -1.17. The number of carboxylic acids is 1. The van der Waals surface area contributed by atoms with Crippen molar-refractivity contribution in [2.45, 2.75) is 36.3 Å². The zero-order chi connectivity index (χ0) is 14.8. The van der Waals surface area contributed by atoms with E-state index in [2.05, 4.69) is 9.71 Å². The van der Waals surface area contributed by atoms with Crippen LogP contribution >= 0.6 is 0 Å². The van der Waals surface area contributed by atoms with Crippen molar-refractivity contribution in [2.75, 3.05) is 6.54 Å². The average Bonchev–Trinajstić information content (AvgIpc) is 2.84. The fraction of sp³-hybridized carbons (Fsp3) is 0.500. The van der Waals surface area contributed by atoms with E-state index >= 15 is 0 Å². The van der Waals surface area contributed by atoms with Gasteiger partial charge < -0.3 is 10.2 Å². The van der Waals surface area contributed by atoms with Crippen LogP contribution in [0.15, 0.2) is 23.4 Å². The Balaban J connectivity index is 2.08. The quantitative estimate of drug-likeness (QED) is 0.723. The first-order valence-electron chi connectivity index (χ1n) is 6.24. The van der Waals surface area contributed by atoms with Crippen LogP contribution in [0.25, 0.3) is 0 Å². The number of nitrogens with one attached hydrogen (secondary N) is 1. The second kappa shape index (κ2) is 5.47. The molecule has 110 valence electrons. The molecule has 2 rings (SSSR count). The minimum Gasteiger partial charge on any atom is -0.478 e. The van der Waals surface area contributed by atoms with Crippen LogP contribution in [-0.4, -0.2) is 41.7 Å². The molecule has 0 radical (unpaired) electrons. The Kier molecular flexibility index (Phi) is 4.07. The predicted octanol–water partition coefficient (Wildman–Crippen LogP) is 0.363. The van der Waals surface area contributed by atoms with Gasteiger partial charge in [0.25, 0.3) is 10.0 Å². The topological polar surface area (TPSA) is 117 Å². The highest BCUT2D eigenvalue weighted by Crippen LogP contribution is 2.28. The molecule has 1 fully saturated rings. The Morgan fingerprint density at radius 2 is 2.00 bits per heavy atom. The third-order valence-electron chi connectivity index (χ3n) is 3.38. The fourth-order valence-corrected chi connectivity index (χ4v) is 3.22. The van der Waals surface area contributed by atoms with E-state index in [1.54, 1.807) is 0 Å². The van der Waals surface area contributed by atoms with Crippen molar-refractivity contribution in [3.05, 3.63) is 23.9 Å².